The molecular weight excluding hydrogens is 266 g/mol. The summed E-state index contributed by atoms with van der Waals surface area (Å²) >= 11 is 0. The second kappa shape index (κ2) is 7.10. The fourth-order valence-electron chi connectivity index (χ4n) is 2.28. The Kier molecular flexibility index (Phi) is 6.07. The first-order chi connectivity index (χ1) is 8.62. The van der Waals surface area contributed by atoms with E-state index in [1.165, 1.54) is 0 Å². The van der Waals surface area contributed by atoms with Crippen molar-refractivity contribution in [3.63, 3.8) is 0 Å². The SMILES string of the molecule is Cl.NC1(C(=O)NCCCN2CCCCCC2=O)CC1. The minimum atomic E-state index is -0.585. The highest BCUT2D eigenvalue weighted by Gasteiger charge is 2.45. The molecule has 0 aromatic heterocycles. The van der Waals surface area contributed by atoms with E-state index in [4.69, 9.17) is 5.73 Å². The summed E-state index contributed by atoms with van der Waals surface area (Å²) in [6.45, 7) is 2.23. The maximum absolute atomic E-state index is 11.7. The number of hydrogen-bond acceptors (Lipinski definition) is 3. The van der Waals surface area contributed by atoms with E-state index < -0.39 is 5.54 Å². The van der Waals surface area contributed by atoms with E-state index in [0.717, 1.165) is 51.6 Å². The van der Waals surface area contributed by atoms with Crippen molar-refractivity contribution in [2.24, 2.45) is 5.73 Å². The number of nitrogens with one attached hydrogen (secondary N) is 1. The number of carbonyl (C=O) groups is 2. The van der Waals surface area contributed by atoms with Gasteiger partial charge in [0, 0.05) is 26.1 Å². The summed E-state index contributed by atoms with van der Waals surface area (Å²) in [5, 5.41) is 2.85. The average Bonchev–Trinajstić information content (AvgIpc) is 3.12. The zero-order valence-corrected chi connectivity index (χ0v) is 12.1. The van der Waals surface area contributed by atoms with Gasteiger partial charge in [0.1, 0.15) is 0 Å². The largest absolute Gasteiger partial charge is 0.354 e. The maximum Gasteiger partial charge on any atom is 0.240 e. The van der Waals surface area contributed by atoms with E-state index in [9.17, 15) is 9.59 Å². The fourth-order valence-corrected chi connectivity index (χ4v) is 2.28. The summed E-state index contributed by atoms with van der Waals surface area (Å²) in [6.07, 6.45) is 6.35. The van der Waals surface area contributed by atoms with E-state index in [-0.39, 0.29) is 24.2 Å². The lowest BCUT2D eigenvalue weighted by Gasteiger charge is -2.20. The third-order valence-corrected chi connectivity index (χ3v) is 3.80. The molecule has 1 saturated heterocycles. The number of halogens is 1. The molecule has 1 aliphatic heterocycles. The van der Waals surface area contributed by atoms with Crippen LogP contribution in [0.15, 0.2) is 0 Å². The fraction of sp³-hybridized carbons (Fsp3) is 0.846. The lowest BCUT2D eigenvalue weighted by molar-refractivity contribution is -0.130. The molecule has 0 bridgehead atoms. The van der Waals surface area contributed by atoms with Crippen LogP contribution in [-0.4, -0.2) is 41.9 Å². The molecular formula is C13H24ClN3O2. The van der Waals surface area contributed by atoms with Gasteiger partial charge in [-0.05, 0) is 32.1 Å². The number of rotatable bonds is 5. The van der Waals surface area contributed by atoms with Gasteiger partial charge in [-0.15, -0.1) is 12.4 Å². The van der Waals surface area contributed by atoms with Crippen LogP contribution in [-0.2, 0) is 9.59 Å². The molecule has 6 heteroatoms. The van der Waals surface area contributed by atoms with Gasteiger partial charge in [-0.25, -0.2) is 0 Å². The van der Waals surface area contributed by atoms with Gasteiger partial charge in [-0.3, -0.25) is 9.59 Å². The average molecular weight is 290 g/mol. The molecule has 1 aliphatic carbocycles. The molecule has 5 nitrogen and oxygen atoms in total. The Balaban J connectivity index is 0.00000180. The molecule has 19 heavy (non-hydrogen) atoms. The van der Waals surface area contributed by atoms with Crippen LogP contribution in [0.5, 0.6) is 0 Å². The Morgan fingerprint density at radius 2 is 2.05 bits per heavy atom. The highest BCUT2D eigenvalue weighted by atomic mass is 35.5. The molecule has 0 unspecified atom stereocenters. The number of carbonyl (C=O) groups excluding carboxylic acids is 2. The Bertz CT molecular complexity index is 332. The number of amides is 2. The van der Waals surface area contributed by atoms with Gasteiger partial charge in [0.15, 0.2) is 0 Å². The highest BCUT2D eigenvalue weighted by molar-refractivity contribution is 5.88. The quantitative estimate of drug-likeness (QED) is 0.736. The topological polar surface area (TPSA) is 75.4 Å². The second-order valence-corrected chi connectivity index (χ2v) is 5.46. The van der Waals surface area contributed by atoms with E-state index >= 15 is 0 Å². The Morgan fingerprint density at radius 3 is 2.74 bits per heavy atom. The second-order valence-electron chi connectivity index (χ2n) is 5.46. The van der Waals surface area contributed by atoms with Gasteiger partial charge in [-0.1, -0.05) is 6.42 Å². The maximum atomic E-state index is 11.7. The van der Waals surface area contributed by atoms with Crippen molar-refractivity contribution in [2.75, 3.05) is 19.6 Å². The number of nitrogens with two attached hydrogens (primary N) is 1. The molecule has 3 N–H and O–H groups in total. The summed E-state index contributed by atoms with van der Waals surface area (Å²) in [7, 11) is 0. The Morgan fingerprint density at radius 1 is 1.32 bits per heavy atom. The van der Waals surface area contributed by atoms with Gasteiger partial charge in [0.25, 0.3) is 0 Å². The highest BCUT2D eigenvalue weighted by Crippen LogP contribution is 2.31. The Labute approximate surface area is 120 Å². The normalized spacial score (nSPS) is 21.3. The molecule has 2 aliphatic rings. The smallest absolute Gasteiger partial charge is 0.240 e. The van der Waals surface area contributed by atoms with E-state index in [0.29, 0.717) is 13.0 Å². The first-order valence-electron chi connectivity index (χ1n) is 6.97. The summed E-state index contributed by atoms with van der Waals surface area (Å²) in [6, 6.07) is 0. The zero-order chi connectivity index (χ0) is 13.0. The van der Waals surface area contributed by atoms with Gasteiger partial charge >= 0.3 is 0 Å². The molecule has 2 fully saturated rings. The van der Waals surface area contributed by atoms with Gasteiger partial charge < -0.3 is 16.0 Å². The van der Waals surface area contributed by atoms with Crippen molar-refractivity contribution in [3.05, 3.63) is 0 Å². The van der Waals surface area contributed by atoms with Crippen LogP contribution in [0.25, 0.3) is 0 Å². The van der Waals surface area contributed by atoms with Crippen LogP contribution >= 0.6 is 12.4 Å². The van der Waals surface area contributed by atoms with Gasteiger partial charge in [0.2, 0.25) is 11.8 Å². The molecule has 110 valence electrons. The lowest BCUT2D eigenvalue weighted by Crippen LogP contribution is -2.43. The molecule has 0 atom stereocenters. The minimum Gasteiger partial charge on any atom is -0.354 e. The summed E-state index contributed by atoms with van der Waals surface area (Å²) < 4.78 is 0. The molecule has 1 saturated carbocycles. The van der Waals surface area contributed by atoms with Crippen LogP contribution in [0.2, 0.25) is 0 Å². The number of nitrogens with zero attached hydrogens (tertiary/aromatic N) is 1. The van der Waals surface area contributed by atoms with Crippen molar-refractivity contribution < 1.29 is 9.59 Å². The molecule has 0 spiro atoms. The number of hydrogen-bond donors (Lipinski definition) is 2. The summed E-state index contributed by atoms with van der Waals surface area (Å²) in [4.78, 5) is 25.2. The van der Waals surface area contributed by atoms with Crippen LogP contribution < -0.4 is 11.1 Å². The van der Waals surface area contributed by atoms with Crippen molar-refractivity contribution in [1.82, 2.24) is 10.2 Å². The third-order valence-electron chi connectivity index (χ3n) is 3.80. The Hall–Kier alpha value is -0.810. The van der Waals surface area contributed by atoms with Crippen molar-refractivity contribution in [3.8, 4) is 0 Å². The van der Waals surface area contributed by atoms with Crippen LogP contribution in [0.3, 0.4) is 0 Å². The standard InChI is InChI=1S/C13H23N3O2.ClH/c14-13(6-7-13)12(18)15-8-4-10-16-9-3-1-2-5-11(16)17;/h1-10,14H2,(H,15,18);1H. The number of likely N-dealkylation sites (tertiary alicyclic amines) is 1. The predicted octanol–water partition coefficient (Wildman–Crippen LogP) is 0.808. The molecule has 2 rings (SSSR count). The minimum absolute atomic E-state index is 0. The van der Waals surface area contributed by atoms with Crippen molar-refractivity contribution >= 4 is 24.2 Å². The third kappa shape index (κ3) is 4.66. The molecule has 0 aromatic rings. The molecule has 0 aromatic carbocycles. The predicted molar refractivity (Wildman–Crippen MR) is 76.1 cm³/mol. The molecule has 2 amide bonds. The molecule has 1 heterocycles. The van der Waals surface area contributed by atoms with E-state index in [1.54, 1.807) is 0 Å². The lowest BCUT2D eigenvalue weighted by atomic mass is 10.2. The van der Waals surface area contributed by atoms with E-state index in [1.807, 2.05) is 4.90 Å². The first-order valence-corrected chi connectivity index (χ1v) is 6.97. The van der Waals surface area contributed by atoms with E-state index in [2.05, 4.69) is 5.32 Å². The van der Waals surface area contributed by atoms with Crippen molar-refractivity contribution in [1.29, 1.82) is 0 Å². The zero-order valence-electron chi connectivity index (χ0n) is 11.3. The first kappa shape index (κ1) is 16.2. The summed E-state index contributed by atoms with van der Waals surface area (Å²) in [5.74, 6) is 0.223. The molecule has 0 radical (unpaired) electrons. The van der Waals surface area contributed by atoms with Gasteiger partial charge in [-0.2, -0.15) is 0 Å². The van der Waals surface area contributed by atoms with Crippen LogP contribution in [0.4, 0.5) is 0 Å². The van der Waals surface area contributed by atoms with Crippen LogP contribution in [0, 0.1) is 0 Å². The summed E-state index contributed by atoms with van der Waals surface area (Å²) in [5.41, 5.74) is 5.20. The van der Waals surface area contributed by atoms with Crippen molar-refractivity contribution in [2.45, 2.75) is 50.5 Å². The van der Waals surface area contributed by atoms with Crippen LogP contribution in [0.1, 0.15) is 44.9 Å². The van der Waals surface area contributed by atoms with Gasteiger partial charge in [0.05, 0.1) is 5.54 Å². The monoisotopic (exact) mass is 289 g/mol.